The standard InChI is InChI=1S/C29H30N4O3/c1-18-3-10-22(11-4-18)30-28(34)20-7-5-19(6-8-20)27-32-25-16-9-21(17-26(25)33-27)29(35)31-23-12-14-24(36-2)15-13-23/h5-9,12-18,22H,3-4,10-11H2,1-2H3,(H,30,34)(H,31,35)(H,32,33). The molecule has 36 heavy (non-hydrogen) atoms. The molecule has 1 aliphatic rings. The van der Waals surface area contributed by atoms with E-state index in [0.717, 1.165) is 35.6 Å². The minimum Gasteiger partial charge on any atom is -0.497 e. The summed E-state index contributed by atoms with van der Waals surface area (Å²) in [6.07, 6.45) is 4.43. The third-order valence-corrected chi connectivity index (χ3v) is 6.86. The second kappa shape index (κ2) is 10.2. The maximum Gasteiger partial charge on any atom is 0.255 e. The number of anilines is 1. The normalized spacial score (nSPS) is 17.5. The Morgan fingerprint density at radius 3 is 2.28 bits per heavy atom. The number of carbonyl (C=O) groups excluding carboxylic acids is 2. The molecule has 1 aromatic heterocycles. The summed E-state index contributed by atoms with van der Waals surface area (Å²) < 4.78 is 5.15. The lowest BCUT2D eigenvalue weighted by atomic mass is 9.87. The molecule has 5 rings (SSSR count). The van der Waals surface area contributed by atoms with Gasteiger partial charge in [-0.25, -0.2) is 4.98 Å². The van der Waals surface area contributed by atoms with E-state index in [1.54, 1.807) is 43.5 Å². The average molecular weight is 483 g/mol. The van der Waals surface area contributed by atoms with Crippen LogP contribution in [0.2, 0.25) is 0 Å². The molecule has 1 fully saturated rings. The first-order valence-corrected chi connectivity index (χ1v) is 12.3. The van der Waals surface area contributed by atoms with Gasteiger partial charge in [0.1, 0.15) is 11.6 Å². The van der Waals surface area contributed by atoms with Crippen molar-refractivity contribution in [1.82, 2.24) is 15.3 Å². The van der Waals surface area contributed by atoms with Crippen LogP contribution < -0.4 is 15.4 Å². The molecular weight excluding hydrogens is 452 g/mol. The van der Waals surface area contributed by atoms with E-state index in [4.69, 9.17) is 4.74 Å². The number of methoxy groups -OCH3 is 1. The summed E-state index contributed by atoms with van der Waals surface area (Å²) in [5.74, 6) is 1.92. The zero-order chi connectivity index (χ0) is 25.1. The van der Waals surface area contributed by atoms with Crippen molar-refractivity contribution in [2.24, 2.45) is 5.92 Å². The van der Waals surface area contributed by atoms with Crippen LogP contribution in [0.15, 0.2) is 66.7 Å². The molecule has 7 nitrogen and oxygen atoms in total. The lowest BCUT2D eigenvalue weighted by Crippen LogP contribution is -2.37. The summed E-state index contributed by atoms with van der Waals surface area (Å²) >= 11 is 0. The number of fused-ring (bicyclic) bond motifs is 1. The molecule has 4 aromatic rings. The van der Waals surface area contributed by atoms with Gasteiger partial charge in [-0.3, -0.25) is 9.59 Å². The van der Waals surface area contributed by atoms with Crippen molar-refractivity contribution in [1.29, 1.82) is 0 Å². The van der Waals surface area contributed by atoms with Crippen LogP contribution in [0.1, 0.15) is 53.3 Å². The van der Waals surface area contributed by atoms with Crippen LogP contribution in [0.25, 0.3) is 22.4 Å². The molecule has 0 bridgehead atoms. The zero-order valence-corrected chi connectivity index (χ0v) is 20.5. The Hall–Kier alpha value is -4.13. The van der Waals surface area contributed by atoms with Crippen LogP contribution in [-0.2, 0) is 0 Å². The first-order valence-electron chi connectivity index (χ1n) is 12.3. The van der Waals surface area contributed by atoms with Gasteiger partial charge in [0.05, 0.1) is 18.1 Å². The fourth-order valence-electron chi connectivity index (χ4n) is 4.61. The van der Waals surface area contributed by atoms with E-state index < -0.39 is 0 Å². The molecule has 1 saturated carbocycles. The molecule has 0 saturated heterocycles. The number of benzene rings is 3. The Bertz CT molecular complexity index is 1370. The van der Waals surface area contributed by atoms with E-state index in [1.165, 1.54) is 12.8 Å². The van der Waals surface area contributed by atoms with Crippen molar-refractivity contribution in [2.45, 2.75) is 38.6 Å². The number of hydrogen-bond acceptors (Lipinski definition) is 4. The summed E-state index contributed by atoms with van der Waals surface area (Å²) in [6, 6.07) is 20.3. The van der Waals surface area contributed by atoms with Crippen LogP contribution in [0, 0.1) is 5.92 Å². The van der Waals surface area contributed by atoms with Crippen molar-refractivity contribution in [3.05, 3.63) is 77.9 Å². The van der Waals surface area contributed by atoms with E-state index in [-0.39, 0.29) is 17.9 Å². The molecule has 0 aliphatic heterocycles. The number of hydrogen-bond donors (Lipinski definition) is 3. The molecule has 3 N–H and O–H groups in total. The number of H-pyrrole nitrogens is 1. The Labute approximate surface area is 210 Å². The van der Waals surface area contributed by atoms with Gasteiger partial charge >= 0.3 is 0 Å². The highest BCUT2D eigenvalue weighted by atomic mass is 16.5. The minimum absolute atomic E-state index is 0.0294. The molecule has 2 amide bonds. The number of imidazole rings is 1. The van der Waals surface area contributed by atoms with Crippen molar-refractivity contribution >= 4 is 28.5 Å². The van der Waals surface area contributed by atoms with Gasteiger partial charge < -0.3 is 20.4 Å². The number of carbonyl (C=O) groups is 2. The van der Waals surface area contributed by atoms with E-state index in [0.29, 0.717) is 28.2 Å². The second-order valence-corrected chi connectivity index (χ2v) is 9.51. The van der Waals surface area contributed by atoms with Crippen molar-refractivity contribution in [3.63, 3.8) is 0 Å². The van der Waals surface area contributed by atoms with Gasteiger partial charge in [-0.2, -0.15) is 0 Å². The number of aromatic nitrogens is 2. The molecule has 184 valence electrons. The average Bonchev–Trinajstić information content (AvgIpc) is 3.34. The fraction of sp³-hybridized carbons (Fsp3) is 0.276. The van der Waals surface area contributed by atoms with E-state index in [2.05, 4.69) is 27.5 Å². The summed E-state index contributed by atoms with van der Waals surface area (Å²) in [7, 11) is 1.60. The molecule has 0 spiro atoms. The number of aromatic amines is 1. The van der Waals surface area contributed by atoms with Gasteiger partial charge in [0.15, 0.2) is 0 Å². The van der Waals surface area contributed by atoms with Gasteiger partial charge in [-0.1, -0.05) is 19.1 Å². The third kappa shape index (κ3) is 5.25. The molecule has 0 atom stereocenters. The molecule has 0 unspecified atom stereocenters. The van der Waals surface area contributed by atoms with Crippen molar-refractivity contribution < 1.29 is 14.3 Å². The van der Waals surface area contributed by atoms with Crippen molar-refractivity contribution in [3.8, 4) is 17.1 Å². The van der Waals surface area contributed by atoms with Crippen LogP contribution in [0.4, 0.5) is 5.69 Å². The fourth-order valence-corrected chi connectivity index (χ4v) is 4.61. The zero-order valence-electron chi connectivity index (χ0n) is 20.5. The van der Waals surface area contributed by atoms with E-state index in [9.17, 15) is 9.59 Å². The monoisotopic (exact) mass is 482 g/mol. The topological polar surface area (TPSA) is 96.1 Å². The number of nitrogens with one attached hydrogen (secondary N) is 3. The first-order chi connectivity index (χ1) is 17.5. The number of amides is 2. The van der Waals surface area contributed by atoms with Crippen LogP contribution >= 0.6 is 0 Å². The lowest BCUT2D eigenvalue weighted by molar-refractivity contribution is 0.0922. The summed E-state index contributed by atoms with van der Waals surface area (Å²) in [5.41, 5.74) is 4.25. The Kier molecular flexibility index (Phi) is 6.71. The molecule has 3 aromatic carbocycles. The van der Waals surface area contributed by atoms with E-state index >= 15 is 0 Å². The first kappa shape index (κ1) is 23.6. The second-order valence-electron chi connectivity index (χ2n) is 9.51. The molecule has 1 heterocycles. The number of nitrogens with zero attached hydrogens (tertiary/aromatic N) is 1. The maximum absolute atomic E-state index is 12.7. The van der Waals surface area contributed by atoms with Gasteiger partial charge in [-0.05, 0) is 86.2 Å². The number of ether oxygens (including phenoxy) is 1. The highest BCUT2D eigenvalue weighted by Gasteiger charge is 2.20. The molecule has 1 aliphatic carbocycles. The van der Waals surface area contributed by atoms with Gasteiger partial charge in [0.2, 0.25) is 0 Å². The predicted molar refractivity (Wildman–Crippen MR) is 141 cm³/mol. The molecule has 7 heteroatoms. The van der Waals surface area contributed by atoms with Gasteiger partial charge in [-0.15, -0.1) is 0 Å². The van der Waals surface area contributed by atoms with Gasteiger partial charge in [0.25, 0.3) is 11.8 Å². The number of rotatable bonds is 6. The Morgan fingerprint density at radius 2 is 1.58 bits per heavy atom. The molecule has 0 radical (unpaired) electrons. The van der Waals surface area contributed by atoms with Crippen LogP contribution in [-0.4, -0.2) is 34.9 Å². The lowest BCUT2D eigenvalue weighted by Gasteiger charge is -2.26. The molecular formula is C29H30N4O3. The Morgan fingerprint density at radius 1 is 0.889 bits per heavy atom. The maximum atomic E-state index is 12.7. The van der Waals surface area contributed by atoms with Gasteiger partial charge in [0, 0.05) is 28.4 Å². The largest absolute Gasteiger partial charge is 0.497 e. The highest BCUT2D eigenvalue weighted by Crippen LogP contribution is 2.25. The van der Waals surface area contributed by atoms with Crippen LogP contribution in [0.3, 0.4) is 0 Å². The quantitative estimate of drug-likeness (QED) is 0.324. The summed E-state index contributed by atoms with van der Waals surface area (Å²) in [6.45, 7) is 2.27. The summed E-state index contributed by atoms with van der Waals surface area (Å²) in [4.78, 5) is 33.4. The SMILES string of the molecule is COc1ccc(NC(=O)c2ccc3[nH]c(-c4ccc(C(=O)NC5CCC(C)CC5)cc4)nc3c2)cc1. The van der Waals surface area contributed by atoms with Crippen LogP contribution in [0.5, 0.6) is 5.75 Å². The highest BCUT2D eigenvalue weighted by molar-refractivity contribution is 6.06. The Balaban J connectivity index is 1.26. The van der Waals surface area contributed by atoms with Crippen molar-refractivity contribution in [2.75, 3.05) is 12.4 Å². The van der Waals surface area contributed by atoms with E-state index in [1.807, 2.05) is 30.3 Å². The summed E-state index contributed by atoms with van der Waals surface area (Å²) in [5, 5.41) is 6.06. The predicted octanol–water partition coefficient (Wildman–Crippen LogP) is 5.80. The third-order valence-electron chi connectivity index (χ3n) is 6.86. The smallest absolute Gasteiger partial charge is 0.255 e. The minimum atomic E-state index is -0.214.